The molecular weight excluding hydrogens is 376 g/mol. The Morgan fingerprint density at radius 3 is 2.50 bits per heavy atom. The summed E-state index contributed by atoms with van der Waals surface area (Å²) in [5.74, 6) is 0.647. The number of nitrogens with zero attached hydrogens (tertiary/aromatic N) is 1. The quantitative estimate of drug-likeness (QED) is 0.505. The van der Waals surface area contributed by atoms with Crippen molar-refractivity contribution >= 4 is 16.8 Å². The molecular formula is C25H22N2O3. The van der Waals surface area contributed by atoms with Gasteiger partial charge >= 0.3 is 0 Å². The molecule has 1 heterocycles. The number of methoxy groups -OCH3 is 1. The zero-order chi connectivity index (χ0) is 20.9. The van der Waals surface area contributed by atoms with Crippen molar-refractivity contribution in [1.82, 2.24) is 10.3 Å². The highest BCUT2D eigenvalue weighted by molar-refractivity contribution is 5.86. The van der Waals surface area contributed by atoms with Crippen LogP contribution in [0.4, 0.5) is 0 Å². The number of fused-ring (bicyclic) bond motifs is 1. The number of ether oxygens (including phenoxy) is 1. The molecule has 4 aromatic rings. The number of rotatable bonds is 6. The van der Waals surface area contributed by atoms with Crippen LogP contribution in [-0.2, 0) is 11.2 Å². The molecule has 0 aliphatic carbocycles. The summed E-state index contributed by atoms with van der Waals surface area (Å²) in [5.41, 5.74) is 2.86. The lowest BCUT2D eigenvalue weighted by molar-refractivity contribution is -0.120. The Labute approximate surface area is 175 Å². The van der Waals surface area contributed by atoms with Crippen LogP contribution >= 0.6 is 0 Å². The minimum Gasteiger partial charge on any atom is -0.505 e. The van der Waals surface area contributed by atoms with Crippen molar-refractivity contribution in [3.63, 3.8) is 0 Å². The number of amides is 1. The molecule has 150 valence electrons. The molecule has 4 rings (SSSR count). The number of phenolic OH excluding ortho intramolecular Hbond substituents is 1. The van der Waals surface area contributed by atoms with Crippen molar-refractivity contribution < 1.29 is 14.6 Å². The molecule has 0 saturated heterocycles. The third kappa shape index (κ3) is 4.10. The lowest BCUT2D eigenvalue weighted by atomic mass is 9.95. The first kappa shape index (κ1) is 19.5. The second-order valence-electron chi connectivity index (χ2n) is 7.01. The Bertz CT molecular complexity index is 1160. The fourth-order valence-corrected chi connectivity index (χ4v) is 3.51. The van der Waals surface area contributed by atoms with Crippen molar-refractivity contribution in [3.8, 4) is 11.5 Å². The molecule has 0 unspecified atom stereocenters. The average Bonchev–Trinajstić information content (AvgIpc) is 2.79. The molecule has 0 bridgehead atoms. The fraction of sp³-hybridized carbons (Fsp3) is 0.120. The maximum atomic E-state index is 12.8. The van der Waals surface area contributed by atoms with Crippen LogP contribution < -0.4 is 10.1 Å². The van der Waals surface area contributed by atoms with E-state index < -0.39 is 6.04 Å². The van der Waals surface area contributed by atoms with Crippen LogP contribution in [0.3, 0.4) is 0 Å². The van der Waals surface area contributed by atoms with E-state index in [0.717, 1.165) is 22.3 Å². The van der Waals surface area contributed by atoms with Crippen molar-refractivity contribution in [2.45, 2.75) is 12.5 Å². The van der Waals surface area contributed by atoms with Gasteiger partial charge < -0.3 is 15.2 Å². The Morgan fingerprint density at radius 2 is 1.77 bits per heavy atom. The van der Waals surface area contributed by atoms with E-state index in [2.05, 4.69) is 10.3 Å². The number of hydrogen-bond acceptors (Lipinski definition) is 4. The normalized spacial score (nSPS) is 11.8. The molecule has 0 spiro atoms. The molecule has 30 heavy (non-hydrogen) atoms. The summed E-state index contributed by atoms with van der Waals surface area (Å²) in [7, 11) is 1.61. The van der Waals surface area contributed by atoms with E-state index >= 15 is 0 Å². The molecule has 0 radical (unpaired) electrons. The van der Waals surface area contributed by atoms with Gasteiger partial charge in [-0.15, -0.1) is 0 Å². The minimum absolute atomic E-state index is 0.0638. The number of pyridine rings is 1. The number of nitrogens with one attached hydrogen (secondary N) is 1. The first-order valence-corrected chi connectivity index (χ1v) is 9.69. The van der Waals surface area contributed by atoms with Crippen molar-refractivity contribution in [1.29, 1.82) is 0 Å². The second kappa shape index (κ2) is 8.66. The molecule has 3 aromatic carbocycles. The van der Waals surface area contributed by atoms with Crippen LogP contribution in [0.5, 0.6) is 11.5 Å². The fourth-order valence-electron chi connectivity index (χ4n) is 3.51. The van der Waals surface area contributed by atoms with Gasteiger partial charge in [0.15, 0.2) is 0 Å². The molecule has 0 saturated carbocycles. The average molecular weight is 398 g/mol. The van der Waals surface area contributed by atoms with Crippen molar-refractivity contribution in [2.24, 2.45) is 0 Å². The van der Waals surface area contributed by atoms with Crippen molar-refractivity contribution in [3.05, 3.63) is 102 Å². The summed E-state index contributed by atoms with van der Waals surface area (Å²) < 4.78 is 5.25. The molecule has 2 N–H and O–H groups in total. The van der Waals surface area contributed by atoms with E-state index in [4.69, 9.17) is 4.74 Å². The molecule has 5 nitrogen and oxygen atoms in total. The smallest absolute Gasteiger partial charge is 0.225 e. The van der Waals surface area contributed by atoms with Crippen LogP contribution in [-0.4, -0.2) is 23.1 Å². The minimum atomic E-state index is -0.529. The van der Waals surface area contributed by atoms with Gasteiger partial charge in [0, 0.05) is 17.1 Å². The van der Waals surface area contributed by atoms with E-state index in [1.54, 1.807) is 13.3 Å². The zero-order valence-corrected chi connectivity index (χ0v) is 16.6. The third-order valence-electron chi connectivity index (χ3n) is 5.05. The number of aromatic hydroxyl groups is 1. The highest BCUT2D eigenvalue weighted by Gasteiger charge is 2.22. The van der Waals surface area contributed by atoms with Gasteiger partial charge in [-0.2, -0.15) is 0 Å². The molecule has 0 fully saturated rings. The van der Waals surface area contributed by atoms with E-state index in [-0.39, 0.29) is 18.1 Å². The van der Waals surface area contributed by atoms with Gasteiger partial charge in [0.1, 0.15) is 17.0 Å². The van der Waals surface area contributed by atoms with E-state index in [9.17, 15) is 9.90 Å². The molecule has 1 amide bonds. The summed E-state index contributed by atoms with van der Waals surface area (Å²) in [5, 5.41) is 14.9. The summed E-state index contributed by atoms with van der Waals surface area (Å²) in [6.07, 6.45) is 1.89. The lowest BCUT2D eigenvalue weighted by Crippen LogP contribution is -2.30. The SMILES string of the molecule is COc1ccc([C@@H](NC(=O)Cc2ccccc2)c2ccc3cccnc3c2O)cc1. The number of benzene rings is 3. The molecule has 1 atom stereocenters. The topological polar surface area (TPSA) is 71.5 Å². The number of hydrogen-bond donors (Lipinski definition) is 2. The van der Waals surface area contributed by atoms with Crippen LogP contribution in [0.1, 0.15) is 22.7 Å². The van der Waals surface area contributed by atoms with Gasteiger partial charge in [-0.3, -0.25) is 9.78 Å². The van der Waals surface area contributed by atoms with Gasteiger partial charge in [0.25, 0.3) is 0 Å². The number of aromatic nitrogens is 1. The zero-order valence-electron chi connectivity index (χ0n) is 16.6. The molecule has 5 heteroatoms. The number of carbonyl (C=O) groups is 1. The maximum Gasteiger partial charge on any atom is 0.225 e. The predicted octanol–water partition coefficient (Wildman–Crippen LogP) is 4.40. The van der Waals surface area contributed by atoms with E-state index in [1.807, 2.05) is 78.9 Å². The lowest BCUT2D eigenvalue weighted by Gasteiger charge is -2.22. The molecule has 0 aliphatic rings. The van der Waals surface area contributed by atoms with Gasteiger partial charge in [-0.1, -0.05) is 60.7 Å². The number of phenols is 1. The highest BCUT2D eigenvalue weighted by Crippen LogP contribution is 2.35. The monoisotopic (exact) mass is 398 g/mol. The molecule has 0 aliphatic heterocycles. The van der Waals surface area contributed by atoms with Gasteiger partial charge in [0.2, 0.25) is 5.91 Å². The van der Waals surface area contributed by atoms with Crippen LogP contribution in [0.25, 0.3) is 10.9 Å². The summed E-state index contributed by atoms with van der Waals surface area (Å²) in [6, 6.07) is 23.9. The van der Waals surface area contributed by atoms with Gasteiger partial charge in [0.05, 0.1) is 19.6 Å². The van der Waals surface area contributed by atoms with E-state index in [1.165, 1.54) is 0 Å². The predicted molar refractivity (Wildman–Crippen MR) is 117 cm³/mol. The first-order valence-electron chi connectivity index (χ1n) is 9.69. The largest absolute Gasteiger partial charge is 0.505 e. The van der Waals surface area contributed by atoms with Crippen LogP contribution in [0.2, 0.25) is 0 Å². The second-order valence-corrected chi connectivity index (χ2v) is 7.01. The Morgan fingerprint density at radius 1 is 1.00 bits per heavy atom. The third-order valence-corrected chi connectivity index (χ3v) is 5.05. The van der Waals surface area contributed by atoms with Crippen LogP contribution in [0, 0.1) is 0 Å². The van der Waals surface area contributed by atoms with Crippen molar-refractivity contribution in [2.75, 3.05) is 7.11 Å². The van der Waals surface area contributed by atoms with Gasteiger partial charge in [-0.25, -0.2) is 0 Å². The Hall–Kier alpha value is -3.86. The summed E-state index contributed by atoms with van der Waals surface area (Å²) in [6.45, 7) is 0. The van der Waals surface area contributed by atoms with Gasteiger partial charge in [-0.05, 0) is 29.3 Å². The van der Waals surface area contributed by atoms with Crippen LogP contribution in [0.15, 0.2) is 85.1 Å². The molecule has 1 aromatic heterocycles. The summed E-state index contributed by atoms with van der Waals surface area (Å²) in [4.78, 5) is 17.1. The Balaban J connectivity index is 1.71. The standard InChI is InChI=1S/C25H22N2O3/c1-30-20-12-9-19(10-13-20)23(27-22(28)16-17-6-3-2-4-7-17)21-14-11-18-8-5-15-26-24(18)25(21)29/h2-15,23,29H,16H2,1H3,(H,27,28)/t23-/m1/s1. The van der Waals surface area contributed by atoms with E-state index in [0.29, 0.717) is 11.1 Å². The maximum absolute atomic E-state index is 12.8. The summed E-state index contributed by atoms with van der Waals surface area (Å²) >= 11 is 0. The highest BCUT2D eigenvalue weighted by atomic mass is 16.5. The first-order chi connectivity index (χ1) is 14.7. The number of carbonyl (C=O) groups excluding carboxylic acids is 1. The Kier molecular flexibility index (Phi) is 5.61.